The summed E-state index contributed by atoms with van der Waals surface area (Å²) in [5.74, 6) is 0. The highest BCUT2D eigenvalue weighted by molar-refractivity contribution is 7.20. The van der Waals surface area contributed by atoms with E-state index in [1.165, 1.54) is 22.3 Å². The molecular weight excluding hydrogens is 376 g/mol. The second-order valence-corrected chi connectivity index (χ2v) is 7.71. The Morgan fingerprint density at radius 3 is 2.07 bits per heavy atom. The minimum atomic E-state index is 0.506. The number of fused-ring (bicyclic) bond motifs is 1. The van der Waals surface area contributed by atoms with Crippen LogP contribution in [0.25, 0.3) is 32.5 Å². The van der Waals surface area contributed by atoms with Gasteiger partial charge in [0.15, 0.2) is 0 Å². The van der Waals surface area contributed by atoms with Gasteiger partial charge in [-0.2, -0.15) is 0 Å². The van der Waals surface area contributed by atoms with Gasteiger partial charge in [-0.25, -0.2) is 4.98 Å². The van der Waals surface area contributed by atoms with E-state index in [1.807, 2.05) is 42.7 Å². The van der Waals surface area contributed by atoms with Gasteiger partial charge in [0, 0.05) is 12.4 Å². The molecule has 4 heteroatoms. The van der Waals surface area contributed by atoms with Crippen LogP contribution in [0.5, 0.6) is 5.19 Å². The molecule has 0 unspecified atom stereocenters. The number of rotatable bonds is 5. The van der Waals surface area contributed by atoms with Gasteiger partial charge in [-0.05, 0) is 52.1 Å². The molecule has 5 rings (SSSR count). The Balaban J connectivity index is 1.36. The van der Waals surface area contributed by atoms with Crippen LogP contribution in [0.3, 0.4) is 0 Å². The minimum absolute atomic E-state index is 0.506. The lowest BCUT2D eigenvalue weighted by molar-refractivity contribution is 0.305. The molecule has 3 nitrogen and oxygen atoms in total. The summed E-state index contributed by atoms with van der Waals surface area (Å²) in [7, 11) is 0. The van der Waals surface area contributed by atoms with Gasteiger partial charge < -0.3 is 4.74 Å². The molecule has 0 aliphatic heterocycles. The van der Waals surface area contributed by atoms with E-state index in [4.69, 9.17) is 4.74 Å². The van der Waals surface area contributed by atoms with Crippen molar-refractivity contribution < 1.29 is 4.74 Å². The third-order valence-electron chi connectivity index (χ3n) is 4.82. The smallest absolute Gasteiger partial charge is 0.274 e. The van der Waals surface area contributed by atoms with E-state index in [2.05, 4.69) is 64.6 Å². The predicted octanol–water partition coefficient (Wildman–Crippen LogP) is 6.60. The molecule has 3 aromatic carbocycles. The van der Waals surface area contributed by atoms with Crippen LogP contribution in [0, 0.1) is 0 Å². The second-order valence-electron chi connectivity index (χ2n) is 6.71. The fourth-order valence-corrected chi connectivity index (χ4v) is 4.17. The first kappa shape index (κ1) is 17.6. The fourth-order valence-electron chi connectivity index (χ4n) is 3.36. The number of hydrogen-bond acceptors (Lipinski definition) is 4. The number of benzene rings is 3. The van der Waals surface area contributed by atoms with E-state index in [-0.39, 0.29) is 0 Å². The Morgan fingerprint density at radius 1 is 0.690 bits per heavy atom. The molecule has 0 aliphatic carbocycles. The maximum atomic E-state index is 5.92. The molecule has 0 radical (unpaired) electrons. The summed E-state index contributed by atoms with van der Waals surface area (Å²) < 4.78 is 7.06. The van der Waals surface area contributed by atoms with Gasteiger partial charge in [-0.3, -0.25) is 4.98 Å². The van der Waals surface area contributed by atoms with E-state index in [0.29, 0.717) is 11.8 Å². The van der Waals surface area contributed by atoms with E-state index in [0.717, 1.165) is 15.8 Å². The van der Waals surface area contributed by atoms with E-state index in [9.17, 15) is 0 Å². The quantitative estimate of drug-likeness (QED) is 0.337. The zero-order chi connectivity index (χ0) is 19.5. The number of thiazole rings is 1. The monoisotopic (exact) mass is 394 g/mol. The molecule has 0 fully saturated rings. The van der Waals surface area contributed by atoms with Gasteiger partial charge in [0.05, 0.1) is 10.2 Å². The lowest BCUT2D eigenvalue weighted by Crippen LogP contribution is -1.95. The molecule has 0 amide bonds. The molecule has 0 N–H and O–H groups in total. The van der Waals surface area contributed by atoms with Gasteiger partial charge in [-0.15, -0.1) is 0 Å². The molecule has 0 saturated heterocycles. The molecule has 0 saturated carbocycles. The van der Waals surface area contributed by atoms with Gasteiger partial charge in [0.25, 0.3) is 5.19 Å². The number of hydrogen-bond donors (Lipinski definition) is 0. The summed E-state index contributed by atoms with van der Waals surface area (Å²) in [6.07, 6.45) is 3.66. The largest absolute Gasteiger partial charge is 0.465 e. The first-order valence-electron chi connectivity index (χ1n) is 9.44. The van der Waals surface area contributed by atoms with E-state index < -0.39 is 0 Å². The van der Waals surface area contributed by atoms with Crippen LogP contribution in [0.15, 0.2) is 97.3 Å². The number of para-hydroxylation sites is 1. The third kappa shape index (κ3) is 3.75. The Labute approximate surface area is 173 Å². The highest BCUT2D eigenvalue weighted by Gasteiger charge is 2.08. The Kier molecular flexibility index (Phi) is 4.76. The Morgan fingerprint density at radius 2 is 1.34 bits per heavy atom. The van der Waals surface area contributed by atoms with Crippen molar-refractivity contribution in [3.05, 3.63) is 103 Å². The van der Waals surface area contributed by atoms with E-state index in [1.54, 1.807) is 11.3 Å². The standard InChI is InChI=1S/C25H18N2OS/c1-2-6-22(20-13-15-26-16-14-20)21(5-1)19-11-9-18(10-12-19)17-28-25-27-23-7-3-4-8-24(23)29-25/h1-16H,17H2. The summed E-state index contributed by atoms with van der Waals surface area (Å²) in [5.41, 5.74) is 6.86. The van der Waals surface area contributed by atoms with E-state index >= 15 is 0 Å². The molecular formula is C25H18N2OS. The third-order valence-corrected chi connectivity index (χ3v) is 5.77. The number of ether oxygens (including phenoxy) is 1. The molecule has 0 spiro atoms. The van der Waals surface area contributed by atoms with Crippen LogP contribution in [0.4, 0.5) is 0 Å². The molecule has 0 aliphatic rings. The molecule has 2 heterocycles. The molecule has 29 heavy (non-hydrogen) atoms. The second kappa shape index (κ2) is 7.86. The molecule has 0 atom stereocenters. The average Bonchev–Trinajstić information content (AvgIpc) is 3.22. The Bertz CT molecular complexity index is 1210. The molecule has 5 aromatic rings. The normalized spacial score (nSPS) is 10.9. The van der Waals surface area contributed by atoms with Crippen LogP contribution < -0.4 is 4.74 Å². The lowest BCUT2D eigenvalue weighted by Gasteiger charge is -2.11. The first-order valence-corrected chi connectivity index (χ1v) is 10.3. The summed E-state index contributed by atoms with van der Waals surface area (Å²) in [4.78, 5) is 8.66. The van der Waals surface area contributed by atoms with Crippen LogP contribution in [-0.2, 0) is 6.61 Å². The topological polar surface area (TPSA) is 35.0 Å². The summed E-state index contributed by atoms with van der Waals surface area (Å²) in [6, 6.07) is 29.1. The number of pyridine rings is 1. The van der Waals surface area contributed by atoms with Gasteiger partial charge in [0.2, 0.25) is 0 Å². The SMILES string of the molecule is c1ccc(-c2ccc(COc3nc4ccccc4s3)cc2)c(-c2ccncc2)c1. The van der Waals surface area contributed by atoms with Crippen molar-refractivity contribution >= 4 is 21.6 Å². The molecule has 140 valence electrons. The van der Waals surface area contributed by atoms with Crippen molar-refractivity contribution in [1.82, 2.24) is 9.97 Å². The maximum Gasteiger partial charge on any atom is 0.274 e. The van der Waals surface area contributed by atoms with Gasteiger partial charge in [0.1, 0.15) is 6.61 Å². The lowest BCUT2D eigenvalue weighted by atomic mass is 9.95. The predicted molar refractivity (Wildman–Crippen MR) is 119 cm³/mol. The van der Waals surface area contributed by atoms with Crippen molar-refractivity contribution in [3.8, 4) is 27.4 Å². The number of nitrogens with zero attached hydrogens (tertiary/aromatic N) is 2. The average molecular weight is 394 g/mol. The zero-order valence-corrected chi connectivity index (χ0v) is 16.5. The van der Waals surface area contributed by atoms with Crippen molar-refractivity contribution in [1.29, 1.82) is 0 Å². The maximum absolute atomic E-state index is 5.92. The van der Waals surface area contributed by atoms with Crippen molar-refractivity contribution in [2.45, 2.75) is 6.61 Å². The zero-order valence-electron chi connectivity index (χ0n) is 15.7. The van der Waals surface area contributed by atoms with Crippen molar-refractivity contribution in [2.75, 3.05) is 0 Å². The van der Waals surface area contributed by atoms with Crippen LogP contribution in [0.2, 0.25) is 0 Å². The van der Waals surface area contributed by atoms with Gasteiger partial charge in [-0.1, -0.05) is 72.0 Å². The fraction of sp³-hybridized carbons (Fsp3) is 0.0400. The van der Waals surface area contributed by atoms with Crippen molar-refractivity contribution in [2.24, 2.45) is 0 Å². The van der Waals surface area contributed by atoms with Crippen molar-refractivity contribution in [3.63, 3.8) is 0 Å². The molecule has 2 aromatic heterocycles. The number of aromatic nitrogens is 2. The van der Waals surface area contributed by atoms with Crippen LogP contribution in [-0.4, -0.2) is 9.97 Å². The highest BCUT2D eigenvalue weighted by Crippen LogP contribution is 2.32. The van der Waals surface area contributed by atoms with Gasteiger partial charge >= 0.3 is 0 Å². The minimum Gasteiger partial charge on any atom is -0.465 e. The highest BCUT2D eigenvalue weighted by atomic mass is 32.1. The van der Waals surface area contributed by atoms with Crippen LogP contribution >= 0.6 is 11.3 Å². The Hall–Kier alpha value is -3.50. The molecule has 0 bridgehead atoms. The summed E-state index contributed by atoms with van der Waals surface area (Å²) >= 11 is 1.58. The summed E-state index contributed by atoms with van der Waals surface area (Å²) in [6.45, 7) is 0.506. The summed E-state index contributed by atoms with van der Waals surface area (Å²) in [5, 5.41) is 0.707. The first-order chi connectivity index (χ1) is 14.4. The van der Waals surface area contributed by atoms with Crippen LogP contribution in [0.1, 0.15) is 5.56 Å².